The van der Waals surface area contributed by atoms with Crippen LogP contribution in [0.15, 0.2) is 47.2 Å². The molecule has 0 unspecified atom stereocenters. The number of benzene rings is 1. The van der Waals surface area contributed by atoms with Gasteiger partial charge in [0.1, 0.15) is 23.6 Å². The first-order valence-electron chi connectivity index (χ1n) is 8.30. The van der Waals surface area contributed by atoms with Crippen LogP contribution in [-0.4, -0.2) is 32.3 Å². The summed E-state index contributed by atoms with van der Waals surface area (Å²) in [6.45, 7) is 1.31. The number of carbonyl (C=O) groups excluding carboxylic acids is 1. The summed E-state index contributed by atoms with van der Waals surface area (Å²) in [4.78, 5) is 17.3. The molecule has 0 fully saturated rings. The summed E-state index contributed by atoms with van der Waals surface area (Å²) in [6, 6.07) is 10.8. The highest BCUT2D eigenvalue weighted by atomic mass is 79.9. The van der Waals surface area contributed by atoms with Gasteiger partial charge in [0.2, 0.25) is 0 Å². The number of hydrogen-bond donors (Lipinski definition) is 1. The predicted molar refractivity (Wildman–Crippen MR) is 100 cm³/mol. The first-order chi connectivity index (χ1) is 12.7. The standard InChI is InChI=1S/C18H16BrN5O2/c19-12-6-7-15-13(10-12)18(25)22-16-5-3-4-14(21-16)17-23-20-11-24(17)8-1-2-9-26-15/h3-7,10-11H,1-2,8-9H2,(H,21,22,25). The number of ether oxygens (including phenoxy) is 1. The second kappa shape index (κ2) is 7.25. The Labute approximate surface area is 158 Å². The summed E-state index contributed by atoms with van der Waals surface area (Å²) >= 11 is 3.41. The normalized spacial score (nSPS) is 14.4. The third-order valence-electron chi connectivity index (χ3n) is 4.07. The van der Waals surface area contributed by atoms with Crippen molar-refractivity contribution in [2.45, 2.75) is 19.4 Å². The third kappa shape index (κ3) is 3.45. The van der Waals surface area contributed by atoms with E-state index < -0.39 is 0 Å². The molecule has 0 atom stereocenters. The highest BCUT2D eigenvalue weighted by Crippen LogP contribution is 2.25. The van der Waals surface area contributed by atoms with Gasteiger partial charge >= 0.3 is 0 Å². The molecule has 4 rings (SSSR count). The van der Waals surface area contributed by atoms with Crippen LogP contribution in [0.2, 0.25) is 0 Å². The van der Waals surface area contributed by atoms with Crippen LogP contribution >= 0.6 is 15.9 Å². The van der Waals surface area contributed by atoms with E-state index in [-0.39, 0.29) is 5.91 Å². The van der Waals surface area contributed by atoms with Gasteiger partial charge in [-0.25, -0.2) is 4.98 Å². The van der Waals surface area contributed by atoms with Crippen molar-refractivity contribution >= 4 is 27.7 Å². The van der Waals surface area contributed by atoms with E-state index in [4.69, 9.17) is 4.74 Å². The summed E-state index contributed by atoms with van der Waals surface area (Å²) < 4.78 is 8.61. The van der Waals surface area contributed by atoms with Gasteiger partial charge in [-0.1, -0.05) is 22.0 Å². The molecule has 1 aromatic carbocycles. The van der Waals surface area contributed by atoms with Crippen molar-refractivity contribution in [1.29, 1.82) is 0 Å². The van der Waals surface area contributed by atoms with Crippen LogP contribution in [0.4, 0.5) is 5.82 Å². The van der Waals surface area contributed by atoms with Crippen molar-refractivity contribution in [1.82, 2.24) is 19.7 Å². The lowest BCUT2D eigenvalue weighted by molar-refractivity contribution is 0.102. The average molecular weight is 414 g/mol. The van der Waals surface area contributed by atoms with Gasteiger partial charge in [0, 0.05) is 11.0 Å². The fraction of sp³-hybridized carbons (Fsp3) is 0.222. The van der Waals surface area contributed by atoms with Crippen LogP contribution in [0.3, 0.4) is 0 Å². The van der Waals surface area contributed by atoms with Gasteiger partial charge in [-0.3, -0.25) is 4.79 Å². The Hall–Kier alpha value is -2.74. The Morgan fingerprint density at radius 2 is 2.12 bits per heavy atom. The molecule has 0 saturated carbocycles. The van der Waals surface area contributed by atoms with Gasteiger partial charge < -0.3 is 14.6 Å². The van der Waals surface area contributed by atoms with Crippen LogP contribution in [0.1, 0.15) is 23.2 Å². The van der Waals surface area contributed by atoms with Crippen molar-refractivity contribution in [2.75, 3.05) is 11.9 Å². The lowest BCUT2D eigenvalue weighted by Crippen LogP contribution is -2.16. The molecule has 0 saturated heterocycles. The number of pyridine rings is 1. The van der Waals surface area contributed by atoms with Crippen molar-refractivity contribution in [3.05, 3.63) is 52.8 Å². The number of nitrogens with one attached hydrogen (secondary N) is 1. The van der Waals surface area contributed by atoms with Gasteiger partial charge in [-0.2, -0.15) is 0 Å². The molecule has 0 aliphatic carbocycles. The monoisotopic (exact) mass is 413 g/mol. The quantitative estimate of drug-likeness (QED) is 0.609. The molecule has 1 amide bonds. The molecule has 0 spiro atoms. The topological polar surface area (TPSA) is 81.9 Å². The van der Waals surface area contributed by atoms with Gasteiger partial charge in [0.05, 0.1) is 12.2 Å². The summed E-state index contributed by atoms with van der Waals surface area (Å²) in [5.74, 6) is 1.42. The zero-order valence-electron chi connectivity index (χ0n) is 13.9. The number of rotatable bonds is 0. The number of anilines is 1. The molecule has 3 aromatic rings. The lowest BCUT2D eigenvalue weighted by Gasteiger charge is -2.14. The average Bonchev–Trinajstić information content (AvgIpc) is 3.10. The molecule has 132 valence electrons. The highest BCUT2D eigenvalue weighted by Gasteiger charge is 2.16. The number of halogens is 1. The minimum Gasteiger partial charge on any atom is -0.493 e. The second-order valence-electron chi connectivity index (χ2n) is 5.91. The van der Waals surface area contributed by atoms with Crippen LogP contribution in [-0.2, 0) is 6.54 Å². The largest absolute Gasteiger partial charge is 0.493 e. The molecule has 2 bridgehead atoms. The molecule has 7 nitrogen and oxygen atoms in total. The maximum absolute atomic E-state index is 12.7. The third-order valence-corrected chi connectivity index (χ3v) is 4.57. The van der Waals surface area contributed by atoms with Gasteiger partial charge in [0.15, 0.2) is 5.82 Å². The molecule has 1 aliphatic rings. The van der Waals surface area contributed by atoms with Crippen molar-refractivity contribution < 1.29 is 9.53 Å². The van der Waals surface area contributed by atoms with Crippen LogP contribution < -0.4 is 10.1 Å². The molecular formula is C18H16BrN5O2. The zero-order chi connectivity index (χ0) is 17.9. The van der Waals surface area contributed by atoms with Gasteiger partial charge in [-0.15, -0.1) is 10.2 Å². The molecule has 26 heavy (non-hydrogen) atoms. The Balaban J connectivity index is 1.74. The Bertz CT molecular complexity index is 956. The molecular weight excluding hydrogens is 398 g/mol. The van der Waals surface area contributed by atoms with E-state index >= 15 is 0 Å². The molecule has 1 aliphatic heterocycles. The lowest BCUT2D eigenvalue weighted by atomic mass is 10.2. The number of hydrogen-bond acceptors (Lipinski definition) is 5. The summed E-state index contributed by atoms with van der Waals surface area (Å²) in [7, 11) is 0. The Morgan fingerprint density at radius 1 is 1.19 bits per heavy atom. The number of aromatic nitrogens is 4. The second-order valence-corrected chi connectivity index (χ2v) is 6.82. The fourth-order valence-corrected chi connectivity index (χ4v) is 3.16. The summed E-state index contributed by atoms with van der Waals surface area (Å²) in [5.41, 5.74) is 1.13. The van der Waals surface area contributed by atoms with Gasteiger partial charge in [-0.05, 0) is 43.2 Å². The molecule has 0 radical (unpaired) electrons. The van der Waals surface area contributed by atoms with E-state index in [1.54, 1.807) is 24.5 Å². The Kier molecular flexibility index (Phi) is 4.66. The predicted octanol–water partition coefficient (Wildman–Crippen LogP) is 3.53. The van der Waals surface area contributed by atoms with E-state index in [0.29, 0.717) is 35.3 Å². The van der Waals surface area contributed by atoms with Crippen molar-refractivity contribution in [2.24, 2.45) is 0 Å². The minimum atomic E-state index is -0.274. The molecule has 2 aromatic heterocycles. The van der Waals surface area contributed by atoms with E-state index in [9.17, 15) is 4.79 Å². The van der Waals surface area contributed by atoms with Crippen LogP contribution in [0, 0.1) is 0 Å². The summed E-state index contributed by atoms with van der Waals surface area (Å²) in [5, 5.41) is 11.0. The van der Waals surface area contributed by atoms with E-state index in [0.717, 1.165) is 23.9 Å². The Morgan fingerprint density at radius 3 is 3.04 bits per heavy atom. The first-order valence-corrected chi connectivity index (χ1v) is 9.09. The number of nitrogens with zero attached hydrogens (tertiary/aromatic N) is 4. The highest BCUT2D eigenvalue weighted by molar-refractivity contribution is 9.10. The van der Waals surface area contributed by atoms with E-state index in [1.807, 2.05) is 22.8 Å². The van der Waals surface area contributed by atoms with Crippen molar-refractivity contribution in [3.8, 4) is 17.3 Å². The van der Waals surface area contributed by atoms with Crippen LogP contribution in [0.25, 0.3) is 11.5 Å². The van der Waals surface area contributed by atoms with E-state index in [1.165, 1.54) is 0 Å². The van der Waals surface area contributed by atoms with Crippen molar-refractivity contribution in [3.63, 3.8) is 0 Å². The maximum atomic E-state index is 12.7. The number of aryl methyl sites for hydroxylation is 1. The molecule has 3 heterocycles. The SMILES string of the molecule is O=C1Nc2cccc(n2)-c2nncn2CCCCOc2ccc(Br)cc21. The molecule has 8 heteroatoms. The molecule has 1 N–H and O–H groups in total. The van der Waals surface area contributed by atoms with E-state index in [2.05, 4.69) is 36.4 Å². The number of carbonyl (C=O) groups is 1. The number of fused-ring (bicyclic) bond motifs is 5. The maximum Gasteiger partial charge on any atom is 0.260 e. The van der Waals surface area contributed by atoms with Gasteiger partial charge in [0.25, 0.3) is 5.91 Å². The zero-order valence-corrected chi connectivity index (χ0v) is 15.4. The van der Waals surface area contributed by atoms with Crippen LogP contribution in [0.5, 0.6) is 5.75 Å². The first kappa shape index (κ1) is 16.7. The fourth-order valence-electron chi connectivity index (χ4n) is 2.80. The summed E-state index contributed by atoms with van der Waals surface area (Å²) in [6.07, 6.45) is 3.45. The minimum absolute atomic E-state index is 0.274. The smallest absolute Gasteiger partial charge is 0.260 e. The number of amides is 1.